The number of halogens is 1. The molecule has 1 atom stereocenters. The molecule has 1 aliphatic heterocycles. The van der Waals surface area contributed by atoms with Gasteiger partial charge in [0.05, 0.1) is 12.8 Å². The number of para-hydroxylation sites is 1. The third-order valence-corrected chi connectivity index (χ3v) is 5.98. The van der Waals surface area contributed by atoms with Crippen LogP contribution in [0.15, 0.2) is 51.9 Å². The second-order valence-electron chi connectivity index (χ2n) is 7.16. The summed E-state index contributed by atoms with van der Waals surface area (Å²) in [4.78, 5) is 8.90. The Labute approximate surface area is 204 Å². The van der Waals surface area contributed by atoms with E-state index in [1.165, 1.54) is 7.11 Å². The zero-order valence-corrected chi connectivity index (χ0v) is 19.5. The number of nitriles is 2. The standard InChI is InChI=1S/C23H19BrN8O2/c1-33-16-8-4-6-13(20(16)34-10-12-5-2-3-7-15(12)24)19-17-18(27)14(9-25)21(28)31-22(17)32-23(30-19)29-11-26/h2-8,19H,10H2,1H3,(H6,27,28,29,30,31,32). The zero-order valence-electron chi connectivity index (χ0n) is 18.0. The number of fused-ring (bicyclic) bond motifs is 1. The number of nitrogens with zero attached hydrogens (tertiary/aromatic N) is 4. The minimum Gasteiger partial charge on any atom is -0.493 e. The van der Waals surface area contributed by atoms with E-state index in [1.807, 2.05) is 42.6 Å². The fourth-order valence-corrected chi connectivity index (χ4v) is 4.03. The van der Waals surface area contributed by atoms with Gasteiger partial charge >= 0.3 is 0 Å². The summed E-state index contributed by atoms with van der Waals surface area (Å²) < 4.78 is 12.7. The summed E-state index contributed by atoms with van der Waals surface area (Å²) in [6, 6.07) is 14.3. The van der Waals surface area contributed by atoms with Gasteiger partial charge in [-0.05, 0) is 12.1 Å². The summed E-state index contributed by atoms with van der Waals surface area (Å²) in [5.41, 5.74) is 14.5. The van der Waals surface area contributed by atoms with Gasteiger partial charge in [0, 0.05) is 21.2 Å². The fraction of sp³-hybridized carbons (Fsp3) is 0.130. The molecule has 0 amide bonds. The van der Waals surface area contributed by atoms with Crippen molar-refractivity contribution in [1.82, 2.24) is 10.3 Å². The second kappa shape index (κ2) is 9.57. The van der Waals surface area contributed by atoms with E-state index in [1.54, 1.807) is 12.1 Å². The Morgan fingerprint density at radius 1 is 1.18 bits per heavy atom. The monoisotopic (exact) mass is 518 g/mol. The number of nitrogen functional groups attached to an aromatic ring is 2. The normalized spacial score (nSPS) is 14.0. The van der Waals surface area contributed by atoms with Gasteiger partial charge in [0.2, 0.25) is 5.96 Å². The number of pyridine rings is 1. The van der Waals surface area contributed by atoms with Gasteiger partial charge in [-0.25, -0.2) is 9.98 Å². The molecule has 0 spiro atoms. The number of benzene rings is 2. The van der Waals surface area contributed by atoms with Gasteiger partial charge in [-0.2, -0.15) is 10.5 Å². The van der Waals surface area contributed by atoms with Gasteiger partial charge < -0.3 is 26.3 Å². The van der Waals surface area contributed by atoms with Crippen molar-refractivity contribution >= 4 is 39.2 Å². The highest BCUT2D eigenvalue weighted by Gasteiger charge is 2.32. The molecule has 1 unspecified atom stereocenters. The summed E-state index contributed by atoms with van der Waals surface area (Å²) in [5.74, 6) is 1.33. The number of aliphatic imine (C=N–C) groups is 1. The van der Waals surface area contributed by atoms with Gasteiger partial charge in [0.15, 0.2) is 17.7 Å². The number of hydrogen-bond donors (Lipinski definition) is 4. The molecule has 2 heterocycles. The Hall–Kier alpha value is -4.48. The van der Waals surface area contributed by atoms with Gasteiger partial charge in [-0.3, -0.25) is 5.32 Å². The van der Waals surface area contributed by atoms with E-state index in [9.17, 15) is 5.26 Å². The number of nitrogens with two attached hydrogens (primary N) is 2. The largest absolute Gasteiger partial charge is 0.493 e. The maximum absolute atomic E-state index is 9.56. The lowest BCUT2D eigenvalue weighted by atomic mass is 9.94. The summed E-state index contributed by atoms with van der Waals surface area (Å²) in [6.45, 7) is 0.249. The minimum absolute atomic E-state index is 0.0285. The van der Waals surface area contributed by atoms with Crippen LogP contribution in [0.25, 0.3) is 0 Å². The SMILES string of the molecule is COc1cccc(C2N=C(NC#N)Nc3nc(N)c(C#N)c(N)c32)c1OCc1ccccc1Br. The lowest BCUT2D eigenvalue weighted by molar-refractivity contribution is 0.280. The summed E-state index contributed by atoms with van der Waals surface area (Å²) in [5, 5.41) is 24.1. The highest BCUT2D eigenvalue weighted by atomic mass is 79.9. The molecular formula is C23H19BrN8O2. The number of ether oxygens (including phenoxy) is 2. The molecule has 1 aromatic heterocycles. The molecular weight excluding hydrogens is 500 g/mol. The van der Waals surface area contributed by atoms with Crippen molar-refractivity contribution in [3.05, 3.63) is 69.2 Å². The second-order valence-corrected chi connectivity index (χ2v) is 8.01. The quantitative estimate of drug-likeness (QED) is 0.292. The van der Waals surface area contributed by atoms with E-state index >= 15 is 0 Å². The first kappa shape index (κ1) is 22.7. The Morgan fingerprint density at radius 2 is 1.97 bits per heavy atom. The first-order valence-electron chi connectivity index (χ1n) is 10.0. The first-order chi connectivity index (χ1) is 16.5. The van der Waals surface area contributed by atoms with Crippen molar-refractivity contribution in [3.8, 4) is 23.8 Å². The first-order valence-corrected chi connectivity index (χ1v) is 10.8. The van der Waals surface area contributed by atoms with Crippen LogP contribution in [0.5, 0.6) is 11.5 Å². The topological polar surface area (TPSA) is 167 Å². The van der Waals surface area contributed by atoms with Crippen LogP contribution in [-0.2, 0) is 6.61 Å². The molecule has 0 fully saturated rings. The van der Waals surface area contributed by atoms with Crippen molar-refractivity contribution in [1.29, 1.82) is 10.5 Å². The molecule has 0 bridgehead atoms. The van der Waals surface area contributed by atoms with Crippen LogP contribution in [0.2, 0.25) is 0 Å². The number of guanidine groups is 1. The van der Waals surface area contributed by atoms with Crippen LogP contribution in [0.3, 0.4) is 0 Å². The number of nitrogens with one attached hydrogen (secondary N) is 2. The van der Waals surface area contributed by atoms with E-state index in [4.69, 9.17) is 26.2 Å². The van der Waals surface area contributed by atoms with Crippen LogP contribution in [0, 0.1) is 22.8 Å². The third kappa shape index (κ3) is 4.12. The smallest absolute Gasteiger partial charge is 0.211 e. The Morgan fingerprint density at radius 3 is 2.68 bits per heavy atom. The predicted molar refractivity (Wildman–Crippen MR) is 131 cm³/mol. The predicted octanol–water partition coefficient (Wildman–Crippen LogP) is 3.41. The average Bonchev–Trinajstić information content (AvgIpc) is 2.83. The molecule has 0 saturated heterocycles. The fourth-order valence-electron chi connectivity index (χ4n) is 3.63. The summed E-state index contributed by atoms with van der Waals surface area (Å²) in [6.07, 6.45) is 1.84. The molecule has 170 valence electrons. The third-order valence-electron chi connectivity index (χ3n) is 5.21. The van der Waals surface area contributed by atoms with E-state index in [0.717, 1.165) is 10.0 Å². The maximum Gasteiger partial charge on any atom is 0.211 e. The molecule has 1 aliphatic rings. The van der Waals surface area contributed by atoms with Crippen molar-refractivity contribution in [3.63, 3.8) is 0 Å². The molecule has 34 heavy (non-hydrogen) atoms. The lowest BCUT2D eigenvalue weighted by Gasteiger charge is -2.27. The zero-order chi connectivity index (χ0) is 24.2. The van der Waals surface area contributed by atoms with Gasteiger partial charge in [-0.1, -0.05) is 46.3 Å². The van der Waals surface area contributed by atoms with Crippen molar-refractivity contribution in [2.45, 2.75) is 12.6 Å². The Bertz CT molecular complexity index is 1380. The summed E-state index contributed by atoms with van der Waals surface area (Å²) >= 11 is 3.53. The number of rotatable bonds is 5. The molecule has 3 aromatic rings. The number of hydrogen-bond acceptors (Lipinski definition) is 10. The number of methoxy groups -OCH3 is 1. The van der Waals surface area contributed by atoms with Crippen LogP contribution in [0.4, 0.5) is 17.3 Å². The van der Waals surface area contributed by atoms with Crippen LogP contribution in [0.1, 0.15) is 28.3 Å². The van der Waals surface area contributed by atoms with E-state index in [0.29, 0.717) is 22.6 Å². The molecule has 2 aromatic carbocycles. The van der Waals surface area contributed by atoms with Crippen molar-refractivity contribution < 1.29 is 9.47 Å². The van der Waals surface area contributed by atoms with E-state index in [2.05, 4.69) is 36.5 Å². The highest BCUT2D eigenvalue weighted by Crippen LogP contribution is 2.45. The summed E-state index contributed by atoms with van der Waals surface area (Å²) in [7, 11) is 1.54. The molecule has 0 saturated carbocycles. The van der Waals surface area contributed by atoms with E-state index in [-0.39, 0.29) is 35.5 Å². The molecule has 4 rings (SSSR count). The Kier molecular flexibility index (Phi) is 6.39. The van der Waals surface area contributed by atoms with Gasteiger partial charge in [0.25, 0.3) is 0 Å². The van der Waals surface area contributed by atoms with E-state index < -0.39 is 6.04 Å². The van der Waals surface area contributed by atoms with Crippen molar-refractivity contribution in [2.75, 3.05) is 23.9 Å². The highest BCUT2D eigenvalue weighted by molar-refractivity contribution is 9.10. The molecule has 6 N–H and O–H groups in total. The lowest BCUT2D eigenvalue weighted by Crippen LogP contribution is -2.33. The minimum atomic E-state index is -0.767. The Balaban J connectivity index is 1.88. The van der Waals surface area contributed by atoms with Crippen LogP contribution >= 0.6 is 15.9 Å². The van der Waals surface area contributed by atoms with Gasteiger partial charge in [-0.15, -0.1) is 0 Å². The van der Waals surface area contributed by atoms with Crippen LogP contribution in [-0.4, -0.2) is 18.1 Å². The molecule has 10 nitrogen and oxygen atoms in total. The number of aromatic nitrogens is 1. The number of anilines is 3. The van der Waals surface area contributed by atoms with Crippen molar-refractivity contribution in [2.24, 2.45) is 4.99 Å². The molecule has 0 aliphatic carbocycles. The van der Waals surface area contributed by atoms with Gasteiger partial charge in [0.1, 0.15) is 35.9 Å². The van der Waals surface area contributed by atoms with Crippen LogP contribution < -0.4 is 31.6 Å². The molecule has 11 heteroatoms. The maximum atomic E-state index is 9.56. The molecule has 0 radical (unpaired) electrons. The average molecular weight is 519 g/mol.